The zero-order chi connectivity index (χ0) is 17.4. The van der Waals surface area contributed by atoms with Gasteiger partial charge in [0.25, 0.3) is 0 Å². The predicted molar refractivity (Wildman–Crippen MR) is 90.9 cm³/mol. The van der Waals surface area contributed by atoms with Gasteiger partial charge in [-0.3, -0.25) is 9.48 Å². The summed E-state index contributed by atoms with van der Waals surface area (Å²) < 4.78 is 3.49. The molecular weight excluding hydrogens is 320 g/mol. The molecule has 1 fully saturated rings. The third-order valence-electron chi connectivity index (χ3n) is 4.46. The van der Waals surface area contributed by atoms with Crippen LogP contribution in [0.25, 0.3) is 5.65 Å². The first kappa shape index (κ1) is 15.6. The minimum atomic E-state index is -0.140. The van der Waals surface area contributed by atoms with Gasteiger partial charge in [0.05, 0.1) is 18.3 Å². The molecule has 4 heterocycles. The number of hydrogen-bond donors (Lipinski definition) is 2. The molecule has 3 aromatic rings. The molecule has 9 heteroatoms. The van der Waals surface area contributed by atoms with Crippen molar-refractivity contribution in [2.24, 2.45) is 7.05 Å². The fourth-order valence-electron chi connectivity index (χ4n) is 3.19. The Balaban J connectivity index is 1.62. The summed E-state index contributed by atoms with van der Waals surface area (Å²) in [7, 11) is 1.87. The van der Waals surface area contributed by atoms with Crippen LogP contribution in [0.4, 0.5) is 5.82 Å². The Morgan fingerprint density at radius 3 is 3.00 bits per heavy atom. The Kier molecular flexibility index (Phi) is 3.83. The van der Waals surface area contributed by atoms with Gasteiger partial charge in [-0.25, -0.2) is 0 Å². The Hall–Kier alpha value is -2.97. The van der Waals surface area contributed by atoms with Gasteiger partial charge in [-0.15, -0.1) is 15.3 Å². The molecule has 4 rings (SSSR count). The summed E-state index contributed by atoms with van der Waals surface area (Å²) in [6, 6.07) is 3.68. The quantitative estimate of drug-likeness (QED) is 0.730. The van der Waals surface area contributed by atoms with E-state index in [2.05, 4.69) is 31.0 Å². The minimum Gasteiger partial charge on any atom is -0.363 e. The number of anilines is 1. The SMILES string of the molecule is CCc1nnc2ccc(N[C@@H]3CCC(=O)N[C@H]3c3cnn(C)c3)nn12. The summed E-state index contributed by atoms with van der Waals surface area (Å²) in [5, 5.41) is 23.6. The fraction of sp³-hybridized carbons (Fsp3) is 0.438. The van der Waals surface area contributed by atoms with Gasteiger partial charge in [0.1, 0.15) is 5.82 Å². The molecule has 0 aromatic carbocycles. The number of nitrogens with zero attached hydrogens (tertiary/aromatic N) is 6. The maximum absolute atomic E-state index is 11.9. The molecule has 0 spiro atoms. The van der Waals surface area contributed by atoms with Crippen LogP contribution < -0.4 is 10.6 Å². The van der Waals surface area contributed by atoms with E-state index in [1.807, 2.05) is 32.3 Å². The molecule has 0 saturated carbocycles. The van der Waals surface area contributed by atoms with Crippen LogP contribution in [0.1, 0.15) is 37.2 Å². The first-order valence-electron chi connectivity index (χ1n) is 8.40. The zero-order valence-corrected chi connectivity index (χ0v) is 14.2. The second-order valence-corrected chi connectivity index (χ2v) is 6.24. The van der Waals surface area contributed by atoms with Crippen molar-refractivity contribution in [3.63, 3.8) is 0 Å². The maximum atomic E-state index is 11.9. The summed E-state index contributed by atoms with van der Waals surface area (Å²) in [4.78, 5) is 11.9. The van der Waals surface area contributed by atoms with Gasteiger partial charge in [-0.1, -0.05) is 6.92 Å². The Labute approximate surface area is 144 Å². The zero-order valence-electron chi connectivity index (χ0n) is 14.2. The lowest BCUT2D eigenvalue weighted by molar-refractivity contribution is -0.123. The highest BCUT2D eigenvalue weighted by atomic mass is 16.1. The van der Waals surface area contributed by atoms with E-state index in [-0.39, 0.29) is 18.0 Å². The summed E-state index contributed by atoms with van der Waals surface area (Å²) in [6.45, 7) is 2.02. The van der Waals surface area contributed by atoms with Crippen molar-refractivity contribution in [1.29, 1.82) is 0 Å². The van der Waals surface area contributed by atoms with Crippen LogP contribution in [0.5, 0.6) is 0 Å². The van der Waals surface area contributed by atoms with Crippen molar-refractivity contribution in [2.75, 3.05) is 5.32 Å². The van der Waals surface area contributed by atoms with Gasteiger partial charge in [-0.2, -0.15) is 9.61 Å². The number of fused-ring (bicyclic) bond motifs is 1. The van der Waals surface area contributed by atoms with E-state index in [4.69, 9.17) is 0 Å². The number of hydrogen-bond acceptors (Lipinski definition) is 6. The molecule has 3 aromatic heterocycles. The lowest BCUT2D eigenvalue weighted by atomic mass is 9.94. The lowest BCUT2D eigenvalue weighted by Gasteiger charge is -2.32. The average molecular weight is 340 g/mol. The number of aryl methyl sites for hydroxylation is 2. The minimum absolute atomic E-state index is 0.0356. The normalized spacial score (nSPS) is 20.6. The number of rotatable bonds is 4. The van der Waals surface area contributed by atoms with E-state index in [9.17, 15) is 4.79 Å². The monoisotopic (exact) mass is 340 g/mol. The van der Waals surface area contributed by atoms with Crippen molar-refractivity contribution in [3.05, 3.63) is 35.9 Å². The highest BCUT2D eigenvalue weighted by molar-refractivity contribution is 5.77. The van der Waals surface area contributed by atoms with E-state index in [1.165, 1.54) is 0 Å². The van der Waals surface area contributed by atoms with Gasteiger partial charge in [0.15, 0.2) is 11.5 Å². The Morgan fingerprint density at radius 1 is 1.36 bits per heavy atom. The molecule has 0 radical (unpaired) electrons. The third-order valence-corrected chi connectivity index (χ3v) is 4.46. The molecule has 1 aliphatic heterocycles. The number of carbonyl (C=O) groups excluding carboxylic acids is 1. The second kappa shape index (κ2) is 6.15. The van der Waals surface area contributed by atoms with Crippen LogP contribution in [0.15, 0.2) is 24.5 Å². The average Bonchev–Trinajstić information content (AvgIpc) is 3.22. The topological polar surface area (TPSA) is 102 Å². The van der Waals surface area contributed by atoms with E-state index in [0.717, 1.165) is 35.7 Å². The Morgan fingerprint density at radius 2 is 2.24 bits per heavy atom. The molecule has 0 bridgehead atoms. The van der Waals surface area contributed by atoms with Crippen molar-refractivity contribution < 1.29 is 4.79 Å². The maximum Gasteiger partial charge on any atom is 0.220 e. The molecule has 0 unspecified atom stereocenters. The Bertz CT molecular complexity index is 914. The molecule has 0 aliphatic carbocycles. The van der Waals surface area contributed by atoms with E-state index in [0.29, 0.717) is 6.42 Å². The van der Waals surface area contributed by atoms with Gasteiger partial charge in [0, 0.05) is 31.6 Å². The van der Waals surface area contributed by atoms with Crippen molar-refractivity contribution >= 4 is 17.4 Å². The van der Waals surface area contributed by atoms with E-state index >= 15 is 0 Å². The highest BCUT2D eigenvalue weighted by Crippen LogP contribution is 2.26. The van der Waals surface area contributed by atoms with Gasteiger partial charge in [0.2, 0.25) is 5.91 Å². The number of carbonyl (C=O) groups is 1. The standard InChI is InChI=1S/C16H20N8O/c1-3-13-20-21-14-6-5-12(22-24(13)14)18-11-4-7-15(25)19-16(11)10-8-17-23(2)9-10/h5-6,8-9,11,16H,3-4,7H2,1-2H3,(H,18,22)(H,19,25)/t11-,16+/m1/s1. The fourth-order valence-corrected chi connectivity index (χ4v) is 3.19. The highest BCUT2D eigenvalue weighted by Gasteiger charge is 2.31. The van der Waals surface area contributed by atoms with Gasteiger partial charge >= 0.3 is 0 Å². The van der Waals surface area contributed by atoms with Crippen molar-refractivity contribution in [3.8, 4) is 0 Å². The molecule has 2 N–H and O–H groups in total. The largest absolute Gasteiger partial charge is 0.363 e. The summed E-state index contributed by atoms with van der Waals surface area (Å²) in [5.74, 6) is 1.61. The molecule has 25 heavy (non-hydrogen) atoms. The summed E-state index contributed by atoms with van der Waals surface area (Å²) in [5.41, 5.74) is 1.70. The number of piperidine rings is 1. The van der Waals surface area contributed by atoms with Crippen molar-refractivity contribution in [2.45, 2.75) is 38.3 Å². The summed E-state index contributed by atoms with van der Waals surface area (Å²) >= 11 is 0. The third kappa shape index (κ3) is 2.92. The molecule has 130 valence electrons. The van der Waals surface area contributed by atoms with Crippen LogP contribution in [-0.2, 0) is 18.3 Å². The van der Waals surface area contributed by atoms with Crippen LogP contribution in [0.2, 0.25) is 0 Å². The van der Waals surface area contributed by atoms with Gasteiger partial charge < -0.3 is 10.6 Å². The smallest absolute Gasteiger partial charge is 0.220 e. The van der Waals surface area contributed by atoms with Crippen LogP contribution in [-0.4, -0.2) is 41.5 Å². The first-order chi connectivity index (χ1) is 12.1. The predicted octanol–water partition coefficient (Wildman–Crippen LogP) is 0.852. The number of amides is 1. The molecule has 9 nitrogen and oxygen atoms in total. The summed E-state index contributed by atoms with van der Waals surface area (Å²) in [6.07, 6.45) is 5.69. The molecule has 1 amide bonds. The number of aromatic nitrogens is 6. The molecular formula is C16H20N8O. The van der Waals surface area contributed by atoms with Crippen LogP contribution in [0.3, 0.4) is 0 Å². The van der Waals surface area contributed by atoms with Crippen LogP contribution in [0, 0.1) is 0 Å². The van der Waals surface area contributed by atoms with Crippen LogP contribution >= 0.6 is 0 Å². The lowest BCUT2D eigenvalue weighted by Crippen LogP contribution is -2.45. The molecule has 1 saturated heterocycles. The van der Waals surface area contributed by atoms with E-state index < -0.39 is 0 Å². The van der Waals surface area contributed by atoms with Gasteiger partial charge in [-0.05, 0) is 18.6 Å². The molecule has 2 atom stereocenters. The second-order valence-electron chi connectivity index (χ2n) is 6.24. The first-order valence-corrected chi connectivity index (χ1v) is 8.40. The molecule has 1 aliphatic rings. The van der Waals surface area contributed by atoms with Crippen molar-refractivity contribution in [1.82, 2.24) is 34.9 Å². The number of nitrogens with one attached hydrogen (secondary N) is 2. The van der Waals surface area contributed by atoms with E-state index in [1.54, 1.807) is 15.4 Å².